The van der Waals surface area contributed by atoms with Crippen LogP contribution in [0.15, 0.2) is 53.2 Å². The van der Waals surface area contributed by atoms with Crippen molar-refractivity contribution in [2.24, 2.45) is 0 Å². The van der Waals surface area contributed by atoms with Gasteiger partial charge in [0.2, 0.25) is 6.79 Å². The fraction of sp³-hybridized carbons (Fsp3) is 0.182. The van der Waals surface area contributed by atoms with Gasteiger partial charge in [-0.2, -0.15) is 5.10 Å². The van der Waals surface area contributed by atoms with Gasteiger partial charge in [0, 0.05) is 11.8 Å². The maximum Gasteiger partial charge on any atom is 0.255 e. The Morgan fingerprint density at radius 1 is 1.13 bits per heavy atom. The van der Waals surface area contributed by atoms with Gasteiger partial charge in [0.05, 0.1) is 29.7 Å². The summed E-state index contributed by atoms with van der Waals surface area (Å²) < 4.78 is 17.8. The van der Waals surface area contributed by atoms with Crippen LogP contribution in [0, 0.1) is 13.8 Å². The fourth-order valence-electron chi connectivity index (χ4n) is 3.34. The summed E-state index contributed by atoms with van der Waals surface area (Å²) >= 11 is 0. The fourth-order valence-corrected chi connectivity index (χ4v) is 3.34. The largest absolute Gasteiger partial charge is 0.465 e. The third-order valence-corrected chi connectivity index (χ3v) is 4.97. The highest BCUT2D eigenvalue weighted by Crippen LogP contribution is 2.35. The molecule has 5 rings (SSSR count). The van der Waals surface area contributed by atoms with E-state index in [-0.39, 0.29) is 12.7 Å². The monoisotopic (exact) mass is 417 g/mol. The Hall–Kier alpha value is -4.14. The van der Waals surface area contributed by atoms with Crippen LogP contribution in [-0.2, 0) is 6.54 Å². The van der Waals surface area contributed by atoms with Gasteiger partial charge in [-0.15, -0.1) is 0 Å². The zero-order valence-corrected chi connectivity index (χ0v) is 17.0. The zero-order chi connectivity index (χ0) is 21.4. The number of nitrogens with zero attached hydrogens (tertiary/aromatic N) is 4. The number of carbonyl (C=O) groups is 1. The molecule has 0 saturated carbocycles. The molecular formula is C22H19N5O4. The molecular weight excluding hydrogens is 398 g/mol. The number of nitrogens with one attached hydrogen (secondary N) is 1. The second-order valence-electron chi connectivity index (χ2n) is 7.06. The lowest BCUT2D eigenvalue weighted by Gasteiger charge is -2.07. The van der Waals surface area contributed by atoms with Crippen LogP contribution >= 0.6 is 0 Å². The number of ether oxygens (including phenoxy) is 2. The maximum absolute atomic E-state index is 12.6. The third-order valence-electron chi connectivity index (χ3n) is 4.97. The predicted octanol–water partition coefficient (Wildman–Crippen LogP) is 3.20. The summed E-state index contributed by atoms with van der Waals surface area (Å²) in [7, 11) is 0. The van der Waals surface area contributed by atoms with Crippen molar-refractivity contribution in [1.29, 1.82) is 0 Å². The second-order valence-corrected chi connectivity index (χ2v) is 7.06. The molecule has 1 amide bonds. The number of rotatable bonds is 5. The lowest BCUT2D eigenvalue weighted by atomic mass is 10.1. The molecule has 9 nitrogen and oxygen atoms in total. The molecule has 0 atom stereocenters. The van der Waals surface area contributed by atoms with Crippen LogP contribution in [0.1, 0.15) is 27.6 Å². The van der Waals surface area contributed by atoms with Crippen molar-refractivity contribution < 1.29 is 18.7 Å². The van der Waals surface area contributed by atoms with E-state index in [1.807, 2.05) is 37.3 Å². The van der Waals surface area contributed by atoms with Gasteiger partial charge in [-0.05, 0) is 50.2 Å². The van der Waals surface area contributed by atoms with Gasteiger partial charge in [0.15, 0.2) is 11.5 Å². The van der Waals surface area contributed by atoms with Gasteiger partial charge < -0.3 is 19.2 Å². The molecule has 0 radical (unpaired) electrons. The normalized spacial score (nSPS) is 12.2. The van der Waals surface area contributed by atoms with Gasteiger partial charge in [0.1, 0.15) is 11.5 Å². The summed E-state index contributed by atoms with van der Waals surface area (Å²) in [4.78, 5) is 21.6. The molecule has 4 heterocycles. The molecule has 0 bridgehead atoms. The summed E-state index contributed by atoms with van der Waals surface area (Å²) in [6.07, 6.45) is 3.16. The van der Waals surface area contributed by atoms with Gasteiger partial charge in [0.25, 0.3) is 11.9 Å². The van der Waals surface area contributed by atoms with E-state index in [1.165, 1.54) is 6.20 Å². The van der Waals surface area contributed by atoms with Crippen molar-refractivity contribution >= 4 is 5.91 Å². The quantitative estimate of drug-likeness (QED) is 0.532. The van der Waals surface area contributed by atoms with E-state index >= 15 is 0 Å². The average Bonchev–Trinajstić information content (AvgIpc) is 3.51. The van der Waals surface area contributed by atoms with E-state index in [2.05, 4.69) is 20.4 Å². The number of benzene rings is 1. The number of aromatic nitrogens is 4. The van der Waals surface area contributed by atoms with Gasteiger partial charge >= 0.3 is 0 Å². The first-order valence-corrected chi connectivity index (χ1v) is 9.70. The van der Waals surface area contributed by atoms with Gasteiger partial charge in [-0.3, -0.25) is 4.79 Å². The average molecular weight is 417 g/mol. The lowest BCUT2D eigenvalue weighted by Crippen LogP contribution is -2.23. The lowest BCUT2D eigenvalue weighted by molar-refractivity contribution is 0.0947. The van der Waals surface area contributed by atoms with Crippen LogP contribution < -0.4 is 14.8 Å². The summed E-state index contributed by atoms with van der Waals surface area (Å²) in [5.41, 5.74) is 2.65. The minimum atomic E-state index is -0.246. The minimum absolute atomic E-state index is 0.213. The Bertz CT molecular complexity index is 1280. The minimum Gasteiger partial charge on any atom is -0.465 e. The van der Waals surface area contributed by atoms with Crippen LogP contribution in [0.4, 0.5) is 0 Å². The Morgan fingerprint density at radius 2 is 2.00 bits per heavy atom. The highest BCUT2D eigenvalue weighted by Gasteiger charge is 2.18. The Balaban J connectivity index is 1.38. The first-order valence-electron chi connectivity index (χ1n) is 9.70. The standard InChI is InChI=1S/C22H19N5O4/c1-13-3-5-16(31-13)10-24-21(28)17-11-25-27(14(17)2)22-23-8-7-18(26-22)15-4-6-19-20(9-15)30-12-29-19/h3-9,11H,10,12H2,1-2H3,(H,24,28). The molecule has 1 N–H and O–H groups in total. The van der Waals surface area contributed by atoms with E-state index in [9.17, 15) is 4.79 Å². The van der Waals surface area contributed by atoms with Crippen molar-refractivity contribution in [2.75, 3.05) is 6.79 Å². The Labute approximate surface area is 177 Å². The summed E-state index contributed by atoms with van der Waals surface area (Å²) in [5.74, 6) is 3.00. The van der Waals surface area contributed by atoms with Crippen LogP contribution in [0.5, 0.6) is 11.5 Å². The molecule has 0 saturated heterocycles. The first-order chi connectivity index (χ1) is 15.1. The molecule has 1 aliphatic rings. The number of amides is 1. The molecule has 0 aliphatic carbocycles. The Morgan fingerprint density at radius 3 is 2.84 bits per heavy atom. The number of hydrogen-bond donors (Lipinski definition) is 1. The Kier molecular flexibility index (Phi) is 4.62. The SMILES string of the molecule is Cc1ccc(CNC(=O)c2cnn(-c3nccc(-c4ccc5c(c4)OCO5)n3)c2C)o1. The molecule has 9 heteroatoms. The number of furan rings is 1. The predicted molar refractivity (Wildman–Crippen MR) is 110 cm³/mol. The molecule has 31 heavy (non-hydrogen) atoms. The highest BCUT2D eigenvalue weighted by molar-refractivity contribution is 5.95. The van der Waals surface area contributed by atoms with E-state index in [0.29, 0.717) is 46.7 Å². The second kappa shape index (κ2) is 7.60. The third kappa shape index (κ3) is 3.61. The number of fused-ring (bicyclic) bond motifs is 1. The van der Waals surface area contributed by atoms with Crippen LogP contribution in [0.25, 0.3) is 17.2 Å². The first kappa shape index (κ1) is 18.9. The summed E-state index contributed by atoms with van der Waals surface area (Å²) in [5, 5.41) is 7.16. The topological polar surface area (TPSA) is 104 Å². The molecule has 3 aromatic heterocycles. The van der Waals surface area contributed by atoms with Gasteiger partial charge in [-0.25, -0.2) is 14.6 Å². The van der Waals surface area contributed by atoms with Crippen molar-refractivity contribution in [2.45, 2.75) is 20.4 Å². The summed E-state index contributed by atoms with van der Waals surface area (Å²) in [6.45, 7) is 4.17. The molecule has 156 valence electrons. The molecule has 4 aromatic rings. The van der Waals surface area contributed by atoms with Crippen molar-refractivity contribution in [3.05, 3.63) is 71.6 Å². The smallest absolute Gasteiger partial charge is 0.255 e. The van der Waals surface area contributed by atoms with Crippen molar-refractivity contribution in [3.8, 4) is 28.7 Å². The van der Waals surface area contributed by atoms with E-state index in [1.54, 1.807) is 23.9 Å². The highest BCUT2D eigenvalue weighted by atomic mass is 16.7. The molecule has 0 spiro atoms. The number of aryl methyl sites for hydroxylation is 1. The molecule has 0 unspecified atom stereocenters. The zero-order valence-electron chi connectivity index (χ0n) is 17.0. The van der Waals surface area contributed by atoms with Crippen molar-refractivity contribution in [1.82, 2.24) is 25.1 Å². The van der Waals surface area contributed by atoms with Crippen LogP contribution in [0.3, 0.4) is 0 Å². The van der Waals surface area contributed by atoms with E-state index in [4.69, 9.17) is 13.9 Å². The maximum atomic E-state index is 12.6. The van der Waals surface area contributed by atoms with E-state index < -0.39 is 0 Å². The number of carbonyl (C=O) groups excluding carboxylic acids is 1. The molecule has 1 aliphatic heterocycles. The molecule has 1 aromatic carbocycles. The summed E-state index contributed by atoms with van der Waals surface area (Å²) in [6, 6.07) is 11.1. The van der Waals surface area contributed by atoms with Crippen molar-refractivity contribution in [3.63, 3.8) is 0 Å². The molecule has 0 fully saturated rings. The van der Waals surface area contributed by atoms with E-state index in [0.717, 1.165) is 11.3 Å². The number of hydrogen-bond acceptors (Lipinski definition) is 7. The van der Waals surface area contributed by atoms with Crippen LogP contribution in [-0.4, -0.2) is 32.4 Å². The van der Waals surface area contributed by atoms with Gasteiger partial charge in [-0.1, -0.05) is 0 Å². The van der Waals surface area contributed by atoms with Crippen LogP contribution in [0.2, 0.25) is 0 Å².